The van der Waals surface area contributed by atoms with Crippen molar-refractivity contribution >= 4 is 27.3 Å². The second-order valence-corrected chi connectivity index (χ2v) is 8.95. The highest BCUT2D eigenvalue weighted by molar-refractivity contribution is 7.92. The first-order chi connectivity index (χ1) is 15.7. The average molecular weight is 473 g/mol. The number of rotatable bonds is 9. The molecule has 1 atom stereocenters. The van der Waals surface area contributed by atoms with Crippen LogP contribution in [0.25, 0.3) is 0 Å². The summed E-state index contributed by atoms with van der Waals surface area (Å²) in [5.74, 6) is -0.651. The molecule has 3 aromatic rings. The molecule has 0 heterocycles. The molecule has 0 spiro atoms. The zero-order valence-corrected chi connectivity index (χ0v) is 19.3. The predicted molar refractivity (Wildman–Crippen MR) is 125 cm³/mol. The Kier molecular flexibility index (Phi) is 7.55. The number of carbonyl (C=O) groups is 1. The van der Waals surface area contributed by atoms with Crippen molar-refractivity contribution in [2.24, 2.45) is 0 Å². The van der Waals surface area contributed by atoms with Crippen LogP contribution in [0.15, 0.2) is 71.6 Å². The fraction of sp³-hybridized carbons (Fsp3) is 0.208. The number of anilines is 2. The van der Waals surface area contributed by atoms with Gasteiger partial charge in [0.2, 0.25) is 0 Å². The highest BCUT2D eigenvalue weighted by Gasteiger charge is 2.21. The minimum atomic E-state index is -3.88. The predicted octanol–water partition coefficient (Wildman–Crippen LogP) is 4.74. The summed E-state index contributed by atoms with van der Waals surface area (Å²) in [6, 6.07) is 16.7. The van der Waals surface area contributed by atoms with Crippen molar-refractivity contribution in [2.75, 3.05) is 17.1 Å². The molecule has 0 aromatic heterocycles. The van der Waals surface area contributed by atoms with E-state index in [1.165, 1.54) is 49.6 Å². The number of benzene rings is 3. The van der Waals surface area contributed by atoms with Crippen LogP contribution in [0, 0.1) is 12.7 Å². The van der Waals surface area contributed by atoms with E-state index in [1.807, 2.05) is 13.0 Å². The Bertz CT molecular complexity index is 1230. The highest BCUT2D eigenvalue weighted by Crippen LogP contribution is 2.28. The van der Waals surface area contributed by atoms with Crippen LogP contribution in [0.2, 0.25) is 0 Å². The van der Waals surface area contributed by atoms with E-state index in [4.69, 9.17) is 9.47 Å². The number of hydrogen-bond donors (Lipinski definition) is 2. The summed E-state index contributed by atoms with van der Waals surface area (Å²) in [4.78, 5) is 12.6. The molecular formula is C24H25FN2O5S. The van der Waals surface area contributed by atoms with E-state index in [1.54, 1.807) is 25.1 Å². The third-order valence-corrected chi connectivity index (χ3v) is 6.18. The number of aryl methyl sites for hydroxylation is 1. The SMILES string of the molecule is CC[C@H](Oc1ccccc1F)C(=O)Nc1ccc(S(=O)(=O)Nc2cc(C)ccc2OC)cc1. The first-order valence-corrected chi connectivity index (χ1v) is 11.7. The largest absolute Gasteiger partial charge is 0.495 e. The minimum Gasteiger partial charge on any atom is -0.495 e. The maximum absolute atomic E-state index is 13.8. The Balaban J connectivity index is 1.71. The lowest BCUT2D eigenvalue weighted by Crippen LogP contribution is -2.32. The van der Waals surface area contributed by atoms with Gasteiger partial charge in [0, 0.05) is 5.69 Å². The second kappa shape index (κ2) is 10.4. The molecule has 33 heavy (non-hydrogen) atoms. The van der Waals surface area contributed by atoms with Gasteiger partial charge in [-0.2, -0.15) is 0 Å². The van der Waals surface area contributed by atoms with Gasteiger partial charge in [-0.25, -0.2) is 12.8 Å². The first kappa shape index (κ1) is 24.1. The molecule has 0 unspecified atom stereocenters. The molecular weight excluding hydrogens is 447 g/mol. The minimum absolute atomic E-state index is 0.0127. The zero-order chi connectivity index (χ0) is 24.0. The summed E-state index contributed by atoms with van der Waals surface area (Å²) in [6.07, 6.45) is -0.602. The summed E-state index contributed by atoms with van der Waals surface area (Å²) in [6.45, 7) is 3.58. The Morgan fingerprint density at radius 1 is 1.03 bits per heavy atom. The molecule has 2 N–H and O–H groups in total. The van der Waals surface area contributed by atoms with Gasteiger partial charge in [0.1, 0.15) is 5.75 Å². The molecule has 1 amide bonds. The number of sulfonamides is 1. The van der Waals surface area contributed by atoms with E-state index < -0.39 is 27.9 Å². The molecule has 0 saturated carbocycles. The lowest BCUT2D eigenvalue weighted by molar-refractivity contribution is -0.122. The average Bonchev–Trinajstić information content (AvgIpc) is 2.78. The number of amides is 1. The fourth-order valence-corrected chi connectivity index (χ4v) is 4.12. The maximum Gasteiger partial charge on any atom is 0.265 e. The van der Waals surface area contributed by atoms with Gasteiger partial charge in [-0.3, -0.25) is 9.52 Å². The molecule has 0 aliphatic heterocycles. The molecule has 0 saturated heterocycles. The number of carbonyl (C=O) groups excluding carboxylic acids is 1. The van der Waals surface area contributed by atoms with Gasteiger partial charge < -0.3 is 14.8 Å². The maximum atomic E-state index is 13.8. The third kappa shape index (κ3) is 6.01. The number of halogens is 1. The van der Waals surface area contributed by atoms with Crippen molar-refractivity contribution in [3.63, 3.8) is 0 Å². The van der Waals surface area contributed by atoms with Crippen molar-refractivity contribution in [1.82, 2.24) is 0 Å². The van der Waals surface area contributed by atoms with E-state index in [0.29, 0.717) is 23.5 Å². The molecule has 3 aromatic carbocycles. The zero-order valence-electron chi connectivity index (χ0n) is 18.5. The Morgan fingerprint density at radius 3 is 2.36 bits per heavy atom. The van der Waals surface area contributed by atoms with Crippen LogP contribution < -0.4 is 19.5 Å². The number of nitrogens with one attached hydrogen (secondary N) is 2. The van der Waals surface area contributed by atoms with E-state index in [-0.39, 0.29) is 10.6 Å². The quantitative estimate of drug-likeness (QED) is 0.469. The van der Waals surface area contributed by atoms with Crippen LogP contribution in [0.1, 0.15) is 18.9 Å². The smallest absolute Gasteiger partial charge is 0.265 e. The molecule has 0 aliphatic carbocycles. The molecule has 0 aliphatic rings. The van der Waals surface area contributed by atoms with Crippen molar-refractivity contribution in [1.29, 1.82) is 0 Å². The van der Waals surface area contributed by atoms with Crippen LogP contribution in [-0.2, 0) is 14.8 Å². The van der Waals surface area contributed by atoms with Crippen molar-refractivity contribution in [3.05, 3.63) is 78.1 Å². The van der Waals surface area contributed by atoms with Crippen LogP contribution in [0.5, 0.6) is 11.5 Å². The van der Waals surface area contributed by atoms with Gasteiger partial charge >= 0.3 is 0 Å². The van der Waals surface area contributed by atoms with Gasteiger partial charge in [-0.15, -0.1) is 0 Å². The van der Waals surface area contributed by atoms with Gasteiger partial charge in [-0.05, 0) is 67.4 Å². The third-order valence-electron chi connectivity index (χ3n) is 4.80. The van der Waals surface area contributed by atoms with Gasteiger partial charge in [-0.1, -0.05) is 25.1 Å². The molecule has 0 radical (unpaired) electrons. The Labute approximate surface area is 192 Å². The van der Waals surface area contributed by atoms with E-state index >= 15 is 0 Å². The summed E-state index contributed by atoms with van der Waals surface area (Å²) in [5.41, 5.74) is 1.57. The van der Waals surface area contributed by atoms with E-state index in [2.05, 4.69) is 10.0 Å². The molecule has 7 nitrogen and oxygen atoms in total. The number of para-hydroxylation sites is 1. The molecule has 0 bridgehead atoms. The number of ether oxygens (including phenoxy) is 2. The normalized spacial score (nSPS) is 12.0. The lowest BCUT2D eigenvalue weighted by Gasteiger charge is -2.18. The lowest BCUT2D eigenvalue weighted by atomic mass is 10.2. The van der Waals surface area contributed by atoms with Gasteiger partial charge in [0.15, 0.2) is 17.7 Å². The summed E-state index contributed by atoms with van der Waals surface area (Å²) in [7, 11) is -2.43. The first-order valence-electron chi connectivity index (χ1n) is 10.2. The van der Waals surface area contributed by atoms with E-state index in [0.717, 1.165) is 5.56 Å². The van der Waals surface area contributed by atoms with Gasteiger partial charge in [0.05, 0.1) is 17.7 Å². The highest BCUT2D eigenvalue weighted by atomic mass is 32.2. The molecule has 174 valence electrons. The Hall–Kier alpha value is -3.59. The molecule has 3 rings (SSSR count). The standard InChI is InChI=1S/C24H25FN2O5S/c1-4-21(32-22-8-6-5-7-19(22)25)24(28)26-17-10-12-18(13-11-17)33(29,30)27-20-15-16(2)9-14-23(20)31-3/h5-15,21,27H,4H2,1-3H3,(H,26,28)/t21-/m0/s1. The Morgan fingerprint density at radius 2 is 1.73 bits per heavy atom. The fourth-order valence-electron chi connectivity index (χ4n) is 3.06. The number of methoxy groups -OCH3 is 1. The van der Waals surface area contributed by atoms with Crippen LogP contribution in [-0.4, -0.2) is 27.5 Å². The summed E-state index contributed by atoms with van der Waals surface area (Å²) < 4.78 is 52.7. The van der Waals surface area contributed by atoms with Crippen LogP contribution in [0.4, 0.5) is 15.8 Å². The van der Waals surface area contributed by atoms with Crippen LogP contribution >= 0.6 is 0 Å². The summed E-state index contributed by atoms with van der Waals surface area (Å²) >= 11 is 0. The summed E-state index contributed by atoms with van der Waals surface area (Å²) in [5, 5.41) is 2.67. The topological polar surface area (TPSA) is 93.7 Å². The van der Waals surface area contributed by atoms with E-state index in [9.17, 15) is 17.6 Å². The number of hydrogen-bond acceptors (Lipinski definition) is 5. The molecule has 9 heteroatoms. The van der Waals surface area contributed by atoms with Crippen molar-refractivity contribution in [2.45, 2.75) is 31.3 Å². The molecule has 0 fully saturated rings. The second-order valence-electron chi connectivity index (χ2n) is 7.27. The van der Waals surface area contributed by atoms with Crippen LogP contribution in [0.3, 0.4) is 0 Å². The van der Waals surface area contributed by atoms with Crippen molar-refractivity contribution < 1.29 is 27.1 Å². The van der Waals surface area contributed by atoms with Crippen molar-refractivity contribution in [3.8, 4) is 11.5 Å². The van der Waals surface area contributed by atoms with Gasteiger partial charge in [0.25, 0.3) is 15.9 Å². The monoisotopic (exact) mass is 472 g/mol.